The van der Waals surface area contributed by atoms with Gasteiger partial charge in [0.25, 0.3) is 0 Å². The van der Waals surface area contributed by atoms with Crippen LogP contribution >= 0.6 is 0 Å². The van der Waals surface area contributed by atoms with Crippen molar-refractivity contribution >= 4 is 5.91 Å². The van der Waals surface area contributed by atoms with Crippen LogP contribution in [0.15, 0.2) is 24.3 Å². The van der Waals surface area contributed by atoms with Gasteiger partial charge in [0.05, 0.1) is 0 Å². The standard InChI is InChI=1S/C15H23N3O/c16-8-7-15(19)17-11-13-5-1-2-6-14(13)12-18-9-3-4-10-18/h1-2,5-6H,3-4,7-12,16H2,(H,17,19). The summed E-state index contributed by atoms with van der Waals surface area (Å²) in [5.74, 6) is 0.0264. The minimum absolute atomic E-state index is 0.0264. The molecule has 19 heavy (non-hydrogen) atoms. The lowest BCUT2D eigenvalue weighted by molar-refractivity contribution is -0.121. The minimum atomic E-state index is 0.0264. The largest absolute Gasteiger partial charge is 0.352 e. The van der Waals surface area contributed by atoms with E-state index in [0.29, 0.717) is 19.5 Å². The van der Waals surface area contributed by atoms with Gasteiger partial charge in [0.1, 0.15) is 0 Å². The summed E-state index contributed by atoms with van der Waals surface area (Å²) in [6.45, 7) is 4.37. The highest BCUT2D eigenvalue weighted by atomic mass is 16.1. The predicted octanol–water partition coefficient (Wildman–Crippen LogP) is 1.25. The van der Waals surface area contributed by atoms with Crippen molar-refractivity contribution in [2.24, 2.45) is 5.73 Å². The Morgan fingerprint density at radius 2 is 1.89 bits per heavy atom. The van der Waals surface area contributed by atoms with Gasteiger partial charge in [-0.15, -0.1) is 0 Å². The van der Waals surface area contributed by atoms with Crippen molar-refractivity contribution in [3.05, 3.63) is 35.4 Å². The van der Waals surface area contributed by atoms with Crippen LogP contribution in [0.4, 0.5) is 0 Å². The molecule has 1 aliphatic rings. The molecule has 0 aliphatic carbocycles. The molecular formula is C15H23N3O. The maximum Gasteiger partial charge on any atom is 0.221 e. The van der Waals surface area contributed by atoms with Gasteiger partial charge in [0.2, 0.25) is 5.91 Å². The number of hydrogen-bond acceptors (Lipinski definition) is 3. The van der Waals surface area contributed by atoms with Gasteiger partial charge in [0, 0.05) is 26.1 Å². The highest BCUT2D eigenvalue weighted by Crippen LogP contribution is 2.16. The van der Waals surface area contributed by atoms with E-state index in [0.717, 1.165) is 6.54 Å². The van der Waals surface area contributed by atoms with Crippen LogP contribution in [0.1, 0.15) is 30.4 Å². The Bertz CT molecular complexity index is 414. The normalized spacial score (nSPS) is 15.6. The zero-order valence-electron chi connectivity index (χ0n) is 11.4. The molecule has 1 aromatic rings. The van der Waals surface area contributed by atoms with E-state index < -0.39 is 0 Å². The average Bonchev–Trinajstić information content (AvgIpc) is 2.91. The molecule has 3 N–H and O–H groups in total. The second kappa shape index (κ2) is 7.26. The van der Waals surface area contributed by atoms with Crippen LogP contribution in [-0.2, 0) is 17.9 Å². The van der Waals surface area contributed by atoms with E-state index in [2.05, 4.69) is 28.4 Å². The number of benzene rings is 1. The summed E-state index contributed by atoms with van der Waals surface area (Å²) in [5.41, 5.74) is 7.89. The number of carbonyl (C=O) groups is 1. The molecule has 1 saturated heterocycles. The first-order valence-corrected chi connectivity index (χ1v) is 7.05. The number of likely N-dealkylation sites (tertiary alicyclic amines) is 1. The smallest absolute Gasteiger partial charge is 0.221 e. The molecule has 0 unspecified atom stereocenters. The predicted molar refractivity (Wildman–Crippen MR) is 76.5 cm³/mol. The van der Waals surface area contributed by atoms with Gasteiger partial charge in [-0.1, -0.05) is 24.3 Å². The zero-order valence-corrected chi connectivity index (χ0v) is 11.4. The monoisotopic (exact) mass is 261 g/mol. The van der Waals surface area contributed by atoms with Gasteiger partial charge in [-0.05, 0) is 37.1 Å². The first-order valence-electron chi connectivity index (χ1n) is 7.05. The van der Waals surface area contributed by atoms with E-state index >= 15 is 0 Å². The van der Waals surface area contributed by atoms with Crippen molar-refractivity contribution in [3.63, 3.8) is 0 Å². The number of nitrogens with one attached hydrogen (secondary N) is 1. The molecule has 1 fully saturated rings. The fourth-order valence-corrected chi connectivity index (χ4v) is 2.48. The van der Waals surface area contributed by atoms with Crippen LogP contribution in [0.3, 0.4) is 0 Å². The van der Waals surface area contributed by atoms with Crippen molar-refractivity contribution in [1.82, 2.24) is 10.2 Å². The quantitative estimate of drug-likeness (QED) is 0.810. The molecule has 1 aromatic carbocycles. The summed E-state index contributed by atoms with van der Waals surface area (Å²) in [4.78, 5) is 13.9. The highest BCUT2D eigenvalue weighted by molar-refractivity contribution is 5.76. The van der Waals surface area contributed by atoms with Gasteiger partial charge >= 0.3 is 0 Å². The first kappa shape index (κ1) is 14.0. The number of nitrogens with two attached hydrogens (primary N) is 1. The van der Waals surface area contributed by atoms with E-state index in [1.165, 1.54) is 37.1 Å². The van der Waals surface area contributed by atoms with Crippen LogP contribution in [0.5, 0.6) is 0 Å². The molecule has 0 saturated carbocycles. The molecule has 4 heteroatoms. The van der Waals surface area contributed by atoms with E-state index in [1.54, 1.807) is 0 Å². The van der Waals surface area contributed by atoms with E-state index in [1.807, 2.05) is 6.07 Å². The van der Waals surface area contributed by atoms with Crippen molar-refractivity contribution in [2.45, 2.75) is 32.4 Å². The molecule has 4 nitrogen and oxygen atoms in total. The van der Waals surface area contributed by atoms with Crippen LogP contribution in [-0.4, -0.2) is 30.4 Å². The Morgan fingerprint density at radius 1 is 1.21 bits per heavy atom. The van der Waals surface area contributed by atoms with E-state index in [9.17, 15) is 4.79 Å². The van der Waals surface area contributed by atoms with Gasteiger partial charge < -0.3 is 11.1 Å². The van der Waals surface area contributed by atoms with Crippen LogP contribution in [0.2, 0.25) is 0 Å². The lowest BCUT2D eigenvalue weighted by atomic mass is 10.1. The molecule has 2 rings (SSSR count). The number of rotatable bonds is 6. The third-order valence-electron chi connectivity index (χ3n) is 3.56. The lowest BCUT2D eigenvalue weighted by Crippen LogP contribution is -2.26. The SMILES string of the molecule is NCCC(=O)NCc1ccccc1CN1CCCC1. The molecule has 0 spiro atoms. The molecule has 1 aliphatic heterocycles. The molecule has 1 heterocycles. The van der Waals surface area contributed by atoms with E-state index in [4.69, 9.17) is 5.73 Å². The number of amides is 1. The Balaban J connectivity index is 1.93. The maximum absolute atomic E-state index is 11.5. The third kappa shape index (κ3) is 4.33. The molecule has 0 aromatic heterocycles. The molecule has 104 valence electrons. The first-order chi connectivity index (χ1) is 9.29. The van der Waals surface area contributed by atoms with Crippen molar-refractivity contribution < 1.29 is 4.79 Å². The minimum Gasteiger partial charge on any atom is -0.352 e. The van der Waals surface area contributed by atoms with E-state index in [-0.39, 0.29) is 5.91 Å². The summed E-state index contributed by atoms with van der Waals surface area (Å²) >= 11 is 0. The number of nitrogens with zero attached hydrogens (tertiary/aromatic N) is 1. The molecule has 1 amide bonds. The number of hydrogen-bond donors (Lipinski definition) is 2. The van der Waals surface area contributed by atoms with Gasteiger partial charge in [-0.25, -0.2) is 0 Å². The maximum atomic E-state index is 11.5. The Hall–Kier alpha value is -1.39. The summed E-state index contributed by atoms with van der Waals surface area (Å²) in [7, 11) is 0. The van der Waals surface area contributed by atoms with Crippen LogP contribution < -0.4 is 11.1 Å². The second-order valence-corrected chi connectivity index (χ2v) is 5.07. The average molecular weight is 261 g/mol. The van der Waals surface area contributed by atoms with Crippen molar-refractivity contribution in [2.75, 3.05) is 19.6 Å². The fraction of sp³-hybridized carbons (Fsp3) is 0.533. The Labute approximate surface area is 115 Å². The Kier molecular flexibility index (Phi) is 5.36. The molecule has 0 radical (unpaired) electrons. The van der Waals surface area contributed by atoms with Gasteiger partial charge in [-0.2, -0.15) is 0 Å². The topological polar surface area (TPSA) is 58.4 Å². The lowest BCUT2D eigenvalue weighted by Gasteiger charge is -2.17. The van der Waals surface area contributed by atoms with Gasteiger partial charge in [0.15, 0.2) is 0 Å². The van der Waals surface area contributed by atoms with Crippen LogP contribution in [0.25, 0.3) is 0 Å². The molecule has 0 atom stereocenters. The van der Waals surface area contributed by atoms with Gasteiger partial charge in [-0.3, -0.25) is 9.69 Å². The van der Waals surface area contributed by atoms with Crippen molar-refractivity contribution in [3.8, 4) is 0 Å². The third-order valence-corrected chi connectivity index (χ3v) is 3.56. The summed E-state index contributed by atoms with van der Waals surface area (Å²) in [6.07, 6.45) is 3.00. The van der Waals surface area contributed by atoms with Crippen LogP contribution in [0, 0.1) is 0 Å². The second-order valence-electron chi connectivity index (χ2n) is 5.07. The summed E-state index contributed by atoms with van der Waals surface area (Å²) in [5, 5.41) is 2.93. The zero-order chi connectivity index (χ0) is 13.5. The highest BCUT2D eigenvalue weighted by Gasteiger charge is 2.13. The summed E-state index contributed by atoms with van der Waals surface area (Å²) in [6, 6.07) is 8.34. The molecular weight excluding hydrogens is 238 g/mol. The number of carbonyl (C=O) groups excluding carboxylic acids is 1. The molecule has 0 bridgehead atoms. The van der Waals surface area contributed by atoms with Crippen molar-refractivity contribution in [1.29, 1.82) is 0 Å². The fourth-order valence-electron chi connectivity index (χ4n) is 2.48. The summed E-state index contributed by atoms with van der Waals surface area (Å²) < 4.78 is 0. The Morgan fingerprint density at radius 3 is 2.58 bits per heavy atom.